The van der Waals surface area contributed by atoms with Crippen LogP contribution in [0, 0.1) is 5.82 Å². The van der Waals surface area contributed by atoms with Gasteiger partial charge in [0.1, 0.15) is 11.6 Å². The van der Waals surface area contributed by atoms with Gasteiger partial charge in [0.15, 0.2) is 5.60 Å². The minimum absolute atomic E-state index is 0.151. The zero-order valence-electron chi connectivity index (χ0n) is 16.2. The van der Waals surface area contributed by atoms with E-state index >= 15 is 0 Å². The Morgan fingerprint density at radius 3 is 2.28 bits per heavy atom. The van der Waals surface area contributed by atoms with Crippen LogP contribution >= 0.6 is 0 Å². The molecule has 1 atom stereocenters. The van der Waals surface area contributed by atoms with E-state index in [9.17, 15) is 32.6 Å². The number of carbonyl (C=O) groups is 1. The molecule has 0 radical (unpaired) electrons. The Morgan fingerprint density at radius 1 is 1.10 bits per heavy atom. The highest BCUT2D eigenvalue weighted by atomic mass is 19.4. The number of aliphatic hydroxyl groups is 1. The topological polar surface area (TPSA) is 66.8 Å². The van der Waals surface area contributed by atoms with Gasteiger partial charge in [-0.2, -0.15) is 13.2 Å². The van der Waals surface area contributed by atoms with Crippen LogP contribution in [0.1, 0.15) is 41.8 Å². The van der Waals surface area contributed by atoms with E-state index in [0.29, 0.717) is 0 Å². The maximum Gasteiger partial charge on any atom is 0.417 e. The molecule has 0 aromatic heterocycles. The molecule has 0 heterocycles. The van der Waals surface area contributed by atoms with E-state index in [2.05, 4.69) is 0 Å². The second-order valence-corrected chi connectivity index (χ2v) is 7.57. The predicted octanol–water partition coefficient (Wildman–Crippen LogP) is 4.74. The highest BCUT2D eigenvalue weighted by Crippen LogP contribution is 2.45. The lowest BCUT2D eigenvalue weighted by Crippen LogP contribution is -2.51. The van der Waals surface area contributed by atoms with Crippen LogP contribution in [0.3, 0.4) is 0 Å². The fraction of sp³-hybridized carbons (Fsp3) is 0.381. The van der Waals surface area contributed by atoms with E-state index in [0.717, 1.165) is 12.1 Å². The zero-order chi connectivity index (χ0) is 22.0. The van der Waals surface area contributed by atoms with Gasteiger partial charge in [-0.15, -0.1) is 0 Å². The molecule has 0 aliphatic carbocycles. The first-order valence-corrected chi connectivity index (χ1v) is 8.75. The van der Waals surface area contributed by atoms with Gasteiger partial charge in [-0.05, 0) is 41.7 Å². The summed E-state index contributed by atoms with van der Waals surface area (Å²) in [5, 5.41) is 19.9. The summed E-state index contributed by atoms with van der Waals surface area (Å²) < 4.78 is 60.7. The van der Waals surface area contributed by atoms with Crippen molar-refractivity contribution in [1.82, 2.24) is 0 Å². The SMILES string of the molecule is COc1ccc(F)cc1C(C)(C)CC(O)(Cc1ccccc1C(=O)O)C(F)(F)F. The van der Waals surface area contributed by atoms with Crippen LogP contribution in [0.5, 0.6) is 5.75 Å². The van der Waals surface area contributed by atoms with Crippen molar-refractivity contribution >= 4 is 5.97 Å². The minimum atomic E-state index is -5.06. The summed E-state index contributed by atoms with van der Waals surface area (Å²) in [6.07, 6.45) is -6.85. The van der Waals surface area contributed by atoms with Gasteiger partial charge in [0.05, 0.1) is 12.7 Å². The fourth-order valence-electron chi connectivity index (χ4n) is 3.50. The van der Waals surface area contributed by atoms with Crippen molar-refractivity contribution in [3.05, 3.63) is 65.0 Å². The zero-order valence-corrected chi connectivity index (χ0v) is 16.2. The van der Waals surface area contributed by atoms with Crippen LogP contribution in [-0.4, -0.2) is 35.1 Å². The highest BCUT2D eigenvalue weighted by molar-refractivity contribution is 5.89. The maximum absolute atomic E-state index is 13.9. The molecule has 158 valence electrons. The molecule has 0 saturated carbocycles. The van der Waals surface area contributed by atoms with Gasteiger partial charge in [0, 0.05) is 12.0 Å². The van der Waals surface area contributed by atoms with Crippen molar-refractivity contribution in [2.45, 2.75) is 43.9 Å². The molecule has 0 fully saturated rings. The normalized spacial score (nSPS) is 14.3. The molecule has 0 amide bonds. The molecule has 29 heavy (non-hydrogen) atoms. The summed E-state index contributed by atoms with van der Waals surface area (Å²) >= 11 is 0. The molecular weight excluding hydrogens is 392 g/mol. The second-order valence-electron chi connectivity index (χ2n) is 7.57. The lowest BCUT2D eigenvalue weighted by molar-refractivity contribution is -0.266. The lowest BCUT2D eigenvalue weighted by atomic mass is 9.72. The minimum Gasteiger partial charge on any atom is -0.496 e. The predicted molar refractivity (Wildman–Crippen MR) is 98.7 cm³/mol. The number of ether oxygens (including phenoxy) is 1. The van der Waals surface area contributed by atoms with Crippen LogP contribution in [0.4, 0.5) is 17.6 Å². The van der Waals surface area contributed by atoms with Crippen molar-refractivity contribution < 1.29 is 37.3 Å². The smallest absolute Gasteiger partial charge is 0.417 e. The molecule has 0 spiro atoms. The Balaban J connectivity index is 2.51. The molecule has 4 nitrogen and oxygen atoms in total. The number of hydrogen-bond acceptors (Lipinski definition) is 3. The largest absolute Gasteiger partial charge is 0.496 e. The quantitative estimate of drug-likeness (QED) is 0.643. The van der Waals surface area contributed by atoms with Gasteiger partial charge in [0.25, 0.3) is 0 Å². The monoisotopic (exact) mass is 414 g/mol. The highest BCUT2D eigenvalue weighted by Gasteiger charge is 2.56. The number of aromatic carboxylic acids is 1. The number of carboxylic acid groups (broad SMARTS) is 1. The van der Waals surface area contributed by atoms with Crippen LogP contribution < -0.4 is 4.74 Å². The third kappa shape index (κ3) is 4.87. The van der Waals surface area contributed by atoms with Crippen LogP contribution in [-0.2, 0) is 11.8 Å². The summed E-state index contributed by atoms with van der Waals surface area (Å²) in [7, 11) is 1.31. The number of methoxy groups -OCH3 is 1. The van der Waals surface area contributed by atoms with Crippen molar-refractivity contribution in [2.75, 3.05) is 7.11 Å². The Bertz CT molecular complexity index is 892. The first-order chi connectivity index (χ1) is 13.3. The van der Waals surface area contributed by atoms with Crippen molar-refractivity contribution in [3.63, 3.8) is 0 Å². The van der Waals surface area contributed by atoms with E-state index in [1.807, 2.05) is 0 Å². The van der Waals surface area contributed by atoms with Gasteiger partial charge >= 0.3 is 12.1 Å². The van der Waals surface area contributed by atoms with E-state index in [-0.39, 0.29) is 22.4 Å². The number of rotatable bonds is 7. The van der Waals surface area contributed by atoms with Crippen molar-refractivity contribution in [3.8, 4) is 5.75 Å². The van der Waals surface area contributed by atoms with Crippen LogP contribution in [0.25, 0.3) is 0 Å². The van der Waals surface area contributed by atoms with E-state index in [1.165, 1.54) is 51.3 Å². The van der Waals surface area contributed by atoms with Gasteiger partial charge in [-0.1, -0.05) is 32.0 Å². The molecule has 0 saturated heterocycles. The molecule has 2 rings (SSSR count). The van der Waals surface area contributed by atoms with E-state index in [1.54, 1.807) is 0 Å². The first kappa shape index (κ1) is 22.7. The number of hydrogen-bond donors (Lipinski definition) is 2. The van der Waals surface area contributed by atoms with Gasteiger partial charge < -0.3 is 14.9 Å². The Labute approximate surface area is 165 Å². The second kappa shape index (κ2) is 8.02. The number of alkyl halides is 3. The summed E-state index contributed by atoms with van der Waals surface area (Å²) in [5.41, 5.74) is -4.91. The van der Waals surface area contributed by atoms with E-state index < -0.39 is 41.8 Å². The molecule has 2 aromatic rings. The first-order valence-electron chi connectivity index (χ1n) is 8.75. The van der Waals surface area contributed by atoms with Gasteiger partial charge in [-0.3, -0.25) is 0 Å². The molecular formula is C21H22F4O4. The molecule has 0 bridgehead atoms. The Morgan fingerprint density at radius 2 is 1.72 bits per heavy atom. The fourth-order valence-corrected chi connectivity index (χ4v) is 3.50. The number of halogens is 4. The standard InChI is InChI=1S/C21H22F4O4/c1-19(2,16-10-14(22)8-9-17(16)29-3)12-20(28,21(23,24)25)11-13-6-4-5-7-15(13)18(26)27/h4-10,28H,11-12H2,1-3H3,(H,26,27). The number of benzene rings is 2. The Kier molecular flexibility index (Phi) is 6.27. The molecule has 0 aliphatic rings. The summed E-state index contributed by atoms with van der Waals surface area (Å²) in [5.74, 6) is -1.86. The third-order valence-electron chi connectivity index (χ3n) is 4.88. The van der Waals surface area contributed by atoms with Crippen LogP contribution in [0.15, 0.2) is 42.5 Å². The van der Waals surface area contributed by atoms with Gasteiger partial charge in [-0.25, -0.2) is 9.18 Å². The van der Waals surface area contributed by atoms with Crippen LogP contribution in [0.2, 0.25) is 0 Å². The summed E-state index contributed by atoms with van der Waals surface area (Å²) in [4.78, 5) is 11.4. The average molecular weight is 414 g/mol. The average Bonchev–Trinajstić information content (AvgIpc) is 2.60. The molecule has 2 N–H and O–H groups in total. The third-order valence-corrected chi connectivity index (χ3v) is 4.88. The summed E-state index contributed by atoms with van der Waals surface area (Å²) in [6, 6.07) is 8.70. The van der Waals surface area contributed by atoms with E-state index in [4.69, 9.17) is 4.74 Å². The Hall–Kier alpha value is -2.61. The van der Waals surface area contributed by atoms with Crippen molar-refractivity contribution in [1.29, 1.82) is 0 Å². The number of carboxylic acids is 1. The summed E-state index contributed by atoms with van der Waals surface area (Å²) in [6.45, 7) is 2.87. The molecule has 1 unspecified atom stereocenters. The molecule has 8 heteroatoms. The maximum atomic E-state index is 13.9. The lowest BCUT2D eigenvalue weighted by Gasteiger charge is -2.38. The van der Waals surface area contributed by atoms with Crippen molar-refractivity contribution in [2.24, 2.45) is 0 Å². The van der Waals surface area contributed by atoms with Gasteiger partial charge in [0.2, 0.25) is 0 Å². The molecule has 2 aromatic carbocycles. The molecule has 0 aliphatic heterocycles.